The fourth-order valence-electron chi connectivity index (χ4n) is 1.74. The summed E-state index contributed by atoms with van der Waals surface area (Å²) in [5, 5.41) is 0.641. The summed E-state index contributed by atoms with van der Waals surface area (Å²) in [5.41, 5.74) is 7.74. The maximum atomic E-state index is 5.89. The van der Waals surface area contributed by atoms with Crippen LogP contribution in [0.25, 0.3) is 0 Å². The molecule has 2 aromatic rings. The molecular formula is C15H16ClNO. The molecule has 0 aliphatic carbocycles. The molecular weight excluding hydrogens is 246 g/mol. The molecule has 0 spiro atoms. The smallest absolute Gasteiger partial charge is 0.143 e. The Morgan fingerprint density at radius 3 is 2.61 bits per heavy atom. The van der Waals surface area contributed by atoms with Crippen molar-refractivity contribution in [3.8, 4) is 5.75 Å². The van der Waals surface area contributed by atoms with Gasteiger partial charge in [0.15, 0.2) is 0 Å². The molecule has 0 saturated carbocycles. The van der Waals surface area contributed by atoms with Gasteiger partial charge in [-0.3, -0.25) is 0 Å². The van der Waals surface area contributed by atoms with Gasteiger partial charge in [-0.2, -0.15) is 0 Å². The van der Waals surface area contributed by atoms with Crippen molar-refractivity contribution >= 4 is 17.3 Å². The number of nitrogen functional groups attached to an aromatic ring is 1. The van der Waals surface area contributed by atoms with Gasteiger partial charge in [0.1, 0.15) is 5.75 Å². The highest BCUT2D eigenvalue weighted by Crippen LogP contribution is 2.25. The van der Waals surface area contributed by atoms with Crippen molar-refractivity contribution in [2.75, 3.05) is 12.3 Å². The van der Waals surface area contributed by atoms with Gasteiger partial charge in [0.05, 0.1) is 12.3 Å². The number of benzene rings is 2. The fourth-order valence-corrected chi connectivity index (χ4v) is 1.90. The Morgan fingerprint density at radius 2 is 1.83 bits per heavy atom. The summed E-state index contributed by atoms with van der Waals surface area (Å²) < 4.78 is 5.63. The zero-order valence-corrected chi connectivity index (χ0v) is 10.9. The number of aryl methyl sites for hydroxylation is 1. The lowest BCUT2D eigenvalue weighted by Crippen LogP contribution is -2.01. The molecule has 2 rings (SSSR count). The predicted molar refractivity (Wildman–Crippen MR) is 76.1 cm³/mol. The Bertz CT molecular complexity index is 499. The molecule has 0 bridgehead atoms. The van der Waals surface area contributed by atoms with Crippen LogP contribution in [-0.4, -0.2) is 6.61 Å². The van der Waals surface area contributed by atoms with Gasteiger partial charge >= 0.3 is 0 Å². The zero-order chi connectivity index (χ0) is 12.8. The van der Waals surface area contributed by atoms with Crippen LogP contribution in [0.1, 0.15) is 12.0 Å². The topological polar surface area (TPSA) is 35.2 Å². The summed E-state index contributed by atoms with van der Waals surface area (Å²) in [7, 11) is 0. The standard InChI is InChI=1S/C15H16ClNO/c16-13-8-9-14(17)15(11-13)18-10-4-7-12-5-2-1-3-6-12/h1-3,5-6,8-9,11H,4,7,10,17H2. The minimum absolute atomic E-state index is 0.624. The summed E-state index contributed by atoms with van der Waals surface area (Å²) in [6, 6.07) is 15.6. The first-order chi connectivity index (χ1) is 8.75. The van der Waals surface area contributed by atoms with Crippen LogP contribution in [0.15, 0.2) is 48.5 Å². The first-order valence-corrected chi connectivity index (χ1v) is 6.35. The van der Waals surface area contributed by atoms with Gasteiger partial charge < -0.3 is 10.5 Å². The van der Waals surface area contributed by atoms with Gasteiger partial charge in [0, 0.05) is 11.1 Å². The predicted octanol–water partition coefficient (Wildman–Crippen LogP) is 3.93. The molecule has 0 aliphatic rings. The van der Waals surface area contributed by atoms with E-state index in [-0.39, 0.29) is 0 Å². The van der Waals surface area contributed by atoms with Crippen LogP contribution >= 0.6 is 11.6 Å². The SMILES string of the molecule is Nc1ccc(Cl)cc1OCCCc1ccccc1. The third-order valence-electron chi connectivity index (χ3n) is 2.69. The van der Waals surface area contributed by atoms with Crippen molar-refractivity contribution in [3.63, 3.8) is 0 Å². The van der Waals surface area contributed by atoms with Crippen LogP contribution in [-0.2, 0) is 6.42 Å². The molecule has 94 valence electrons. The van der Waals surface area contributed by atoms with Crippen molar-refractivity contribution in [1.82, 2.24) is 0 Å². The van der Waals surface area contributed by atoms with Crippen molar-refractivity contribution in [2.45, 2.75) is 12.8 Å². The summed E-state index contributed by atoms with van der Waals surface area (Å²) in [4.78, 5) is 0. The van der Waals surface area contributed by atoms with Gasteiger partial charge in [-0.25, -0.2) is 0 Å². The van der Waals surface area contributed by atoms with E-state index in [0.29, 0.717) is 23.1 Å². The molecule has 0 amide bonds. The number of ether oxygens (including phenoxy) is 1. The first-order valence-electron chi connectivity index (χ1n) is 5.97. The molecule has 0 fully saturated rings. The molecule has 0 saturated heterocycles. The molecule has 0 aliphatic heterocycles. The first kappa shape index (κ1) is 12.8. The van der Waals surface area contributed by atoms with Crippen LogP contribution in [0.4, 0.5) is 5.69 Å². The van der Waals surface area contributed by atoms with Crippen LogP contribution in [0, 0.1) is 0 Å². The monoisotopic (exact) mass is 261 g/mol. The molecule has 2 N–H and O–H groups in total. The van der Waals surface area contributed by atoms with E-state index in [1.54, 1.807) is 18.2 Å². The van der Waals surface area contributed by atoms with Gasteiger partial charge in [-0.05, 0) is 30.5 Å². The number of rotatable bonds is 5. The summed E-state index contributed by atoms with van der Waals surface area (Å²) in [5.74, 6) is 0.663. The number of nitrogens with two attached hydrogens (primary N) is 1. The molecule has 0 heterocycles. The molecule has 0 atom stereocenters. The third-order valence-corrected chi connectivity index (χ3v) is 2.92. The van der Waals surface area contributed by atoms with Crippen LogP contribution in [0.2, 0.25) is 5.02 Å². The van der Waals surface area contributed by atoms with E-state index in [0.717, 1.165) is 12.8 Å². The van der Waals surface area contributed by atoms with Gasteiger partial charge in [0.2, 0.25) is 0 Å². The van der Waals surface area contributed by atoms with Crippen molar-refractivity contribution in [2.24, 2.45) is 0 Å². The Kier molecular flexibility index (Phi) is 4.48. The minimum atomic E-state index is 0.624. The minimum Gasteiger partial charge on any atom is -0.491 e. The Labute approximate surface area is 112 Å². The fraction of sp³-hybridized carbons (Fsp3) is 0.200. The highest BCUT2D eigenvalue weighted by atomic mass is 35.5. The third kappa shape index (κ3) is 3.67. The second kappa shape index (κ2) is 6.31. The van der Waals surface area contributed by atoms with E-state index in [1.165, 1.54) is 5.56 Å². The van der Waals surface area contributed by atoms with Crippen LogP contribution in [0.3, 0.4) is 0 Å². The maximum Gasteiger partial charge on any atom is 0.143 e. The molecule has 3 heteroatoms. The van der Waals surface area contributed by atoms with E-state index < -0.39 is 0 Å². The average Bonchev–Trinajstić information content (AvgIpc) is 2.40. The highest BCUT2D eigenvalue weighted by molar-refractivity contribution is 6.30. The summed E-state index contributed by atoms with van der Waals surface area (Å²) >= 11 is 5.89. The van der Waals surface area contributed by atoms with Crippen molar-refractivity contribution in [3.05, 3.63) is 59.1 Å². The Morgan fingerprint density at radius 1 is 1.06 bits per heavy atom. The lowest BCUT2D eigenvalue weighted by atomic mass is 10.1. The zero-order valence-electron chi connectivity index (χ0n) is 10.1. The van der Waals surface area contributed by atoms with Gasteiger partial charge in [0.25, 0.3) is 0 Å². The Hall–Kier alpha value is -1.67. The van der Waals surface area contributed by atoms with E-state index in [2.05, 4.69) is 12.1 Å². The van der Waals surface area contributed by atoms with E-state index in [1.807, 2.05) is 18.2 Å². The Balaban J connectivity index is 1.80. The number of hydrogen-bond acceptors (Lipinski definition) is 2. The van der Waals surface area contributed by atoms with E-state index in [9.17, 15) is 0 Å². The number of halogens is 1. The quantitative estimate of drug-likeness (QED) is 0.654. The molecule has 0 radical (unpaired) electrons. The lowest BCUT2D eigenvalue weighted by Gasteiger charge is -2.09. The van der Waals surface area contributed by atoms with Crippen molar-refractivity contribution < 1.29 is 4.74 Å². The number of anilines is 1. The maximum absolute atomic E-state index is 5.89. The molecule has 18 heavy (non-hydrogen) atoms. The van der Waals surface area contributed by atoms with Crippen LogP contribution < -0.4 is 10.5 Å². The summed E-state index contributed by atoms with van der Waals surface area (Å²) in [6.07, 6.45) is 1.96. The van der Waals surface area contributed by atoms with Crippen molar-refractivity contribution in [1.29, 1.82) is 0 Å². The molecule has 0 unspecified atom stereocenters. The molecule has 2 nitrogen and oxygen atoms in total. The van der Waals surface area contributed by atoms with E-state index in [4.69, 9.17) is 22.1 Å². The normalized spacial score (nSPS) is 10.3. The largest absolute Gasteiger partial charge is 0.491 e. The van der Waals surface area contributed by atoms with Gasteiger partial charge in [-0.15, -0.1) is 0 Å². The van der Waals surface area contributed by atoms with Crippen LogP contribution in [0.5, 0.6) is 5.75 Å². The molecule has 0 aromatic heterocycles. The highest BCUT2D eigenvalue weighted by Gasteiger charge is 2.01. The second-order valence-electron chi connectivity index (χ2n) is 4.12. The van der Waals surface area contributed by atoms with E-state index >= 15 is 0 Å². The number of hydrogen-bond donors (Lipinski definition) is 1. The lowest BCUT2D eigenvalue weighted by molar-refractivity contribution is 0.312. The summed E-state index contributed by atoms with van der Waals surface area (Å²) in [6.45, 7) is 0.638. The average molecular weight is 262 g/mol. The molecule has 2 aromatic carbocycles. The second-order valence-corrected chi connectivity index (χ2v) is 4.56. The van der Waals surface area contributed by atoms with Gasteiger partial charge in [-0.1, -0.05) is 41.9 Å².